The Morgan fingerprint density at radius 1 is 1.70 bits per heavy atom. The first-order valence-corrected chi connectivity index (χ1v) is 3.01. The number of aliphatic imine (C=N–C) groups is 1. The second kappa shape index (κ2) is 2.60. The van der Waals surface area contributed by atoms with Gasteiger partial charge in [0.2, 0.25) is 5.71 Å². The Morgan fingerprint density at radius 2 is 2.40 bits per heavy atom. The third-order valence-corrected chi connectivity index (χ3v) is 1.30. The summed E-state index contributed by atoms with van der Waals surface area (Å²) in [6.07, 6.45) is 0. The van der Waals surface area contributed by atoms with Crippen LogP contribution in [0.3, 0.4) is 0 Å². The monoisotopic (exact) mass is 137 g/mol. The Kier molecular flexibility index (Phi) is 1.80. The standard InChI is InChI=1S/C6H9N4/c1-4-6(10-8-2)5(7)3-9-4/h7H,3H2,1-2H3/q+1. The number of hydrogen-bond acceptors (Lipinski definition) is 4. The third-order valence-electron chi connectivity index (χ3n) is 1.30. The van der Waals surface area contributed by atoms with Crippen LogP contribution in [0.15, 0.2) is 15.2 Å². The van der Waals surface area contributed by atoms with E-state index in [1.165, 1.54) is 0 Å². The maximum atomic E-state index is 7.33. The lowest BCUT2D eigenvalue weighted by Crippen LogP contribution is -2.09. The molecule has 0 aromatic heterocycles. The Morgan fingerprint density at radius 3 is 2.80 bits per heavy atom. The molecule has 0 saturated heterocycles. The summed E-state index contributed by atoms with van der Waals surface area (Å²) in [5, 5.41) is 14.7. The average Bonchev–Trinajstić information content (AvgIpc) is 2.20. The zero-order chi connectivity index (χ0) is 7.56. The molecule has 0 aromatic carbocycles. The lowest BCUT2D eigenvalue weighted by Gasteiger charge is -1.82. The predicted molar refractivity (Wildman–Crippen MR) is 39.7 cm³/mol. The predicted octanol–water partition coefficient (Wildman–Crippen LogP) is 1.09. The van der Waals surface area contributed by atoms with Crippen LogP contribution in [0.4, 0.5) is 0 Å². The van der Waals surface area contributed by atoms with E-state index in [4.69, 9.17) is 5.41 Å². The van der Waals surface area contributed by atoms with Crippen molar-refractivity contribution in [1.29, 1.82) is 5.41 Å². The Hall–Kier alpha value is -1.19. The van der Waals surface area contributed by atoms with Gasteiger partial charge in [0.1, 0.15) is 6.54 Å². The molecule has 0 unspecified atom stereocenters. The molecule has 4 heteroatoms. The molecular weight excluding hydrogens is 128 g/mol. The van der Waals surface area contributed by atoms with Crippen molar-refractivity contribution in [3.63, 3.8) is 0 Å². The van der Waals surface area contributed by atoms with E-state index in [0.29, 0.717) is 18.3 Å². The van der Waals surface area contributed by atoms with E-state index in [-0.39, 0.29) is 0 Å². The highest BCUT2D eigenvalue weighted by molar-refractivity contribution is 6.22. The molecule has 4 nitrogen and oxygen atoms in total. The van der Waals surface area contributed by atoms with Gasteiger partial charge in [-0.15, -0.1) is 0 Å². The highest BCUT2D eigenvalue weighted by atomic mass is 15.1. The van der Waals surface area contributed by atoms with Crippen LogP contribution in [0.2, 0.25) is 0 Å². The van der Waals surface area contributed by atoms with E-state index < -0.39 is 0 Å². The molecule has 0 aromatic rings. The summed E-state index contributed by atoms with van der Waals surface area (Å²) < 4.78 is 0. The fourth-order valence-corrected chi connectivity index (χ4v) is 0.798. The lowest BCUT2D eigenvalue weighted by molar-refractivity contribution is 1.08. The Labute approximate surface area is 59.6 Å². The number of nitrogens with zero attached hydrogens (tertiary/aromatic N) is 3. The summed E-state index contributed by atoms with van der Waals surface area (Å²) >= 11 is 0. The van der Waals surface area contributed by atoms with Gasteiger partial charge in [0.15, 0.2) is 0 Å². The fourth-order valence-electron chi connectivity index (χ4n) is 0.798. The minimum atomic E-state index is 0.459. The van der Waals surface area contributed by atoms with E-state index in [9.17, 15) is 0 Å². The first-order chi connectivity index (χ1) is 4.75. The van der Waals surface area contributed by atoms with Crippen LogP contribution >= 0.6 is 0 Å². The van der Waals surface area contributed by atoms with Crippen LogP contribution in [0, 0.1) is 11.5 Å². The maximum Gasteiger partial charge on any atom is 0.350 e. The molecule has 10 heavy (non-hydrogen) atoms. The molecule has 0 bridgehead atoms. The van der Waals surface area contributed by atoms with Gasteiger partial charge in [0.05, 0.1) is 7.05 Å². The van der Waals surface area contributed by atoms with Gasteiger partial charge in [-0.25, -0.2) is 4.99 Å². The summed E-state index contributed by atoms with van der Waals surface area (Å²) in [6, 6.07) is 0.627. The van der Waals surface area contributed by atoms with Crippen LogP contribution in [0.1, 0.15) is 6.92 Å². The van der Waals surface area contributed by atoms with Gasteiger partial charge in [-0.2, -0.15) is 5.11 Å². The van der Waals surface area contributed by atoms with Crippen molar-refractivity contribution < 1.29 is 0 Å². The van der Waals surface area contributed by atoms with Crippen molar-refractivity contribution in [3.8, 4) is 0 Å². The largest absolute Gasteiger partial charge is 0.350 e. The lowest BCUT2D eigenvalue weighted by atomic mass is 10.1. The molecule has 0 aliphatic carbocycles. The van der Waals surface area contributed by atoms with Gasteiger partial charge in [0, 0.05) is 12.0 Å². The maximum absolute atomic E-state index is 7.33. The molecule has 0 saturated carbocycles. The topological polar surface area (TPSA) is 60.9 Å². The number of nitrogens with one attached hydrogen (secondary N) is 1. The molecule has 52 valence electrons. The zero-order valence-electron chi connectivity index (χ0n) is 6.05. The third kappa shape index (κ3) is 1.05. The molecule has 0 fully saturated rings. The van der Waals surface area contributed by atoms with Crippen molar-refractivity contribution in [3.05, 3.63) is 6.04 Å². The van der Waals surface area contributed by atoms with Gasteiger partial charge < -0.3 is 0 Å². The highest BCUT2D eigenvalue weighted by Gasteiger charge is 2.38. The van der Waals surface area contributed by atoms with E-state index in [1.54, 1.807) is 7.05 Å². The van der Waals surface area contributed by atoms with Crippen molar-refractivity contribution in [2.24, 2.45) is 15.2 Å². The highest BCUT2D eigenvalue weighted by Crippen LogP contribution is 2.14. The van der Waals surface area contributed by atoms with Gasteiger partial charge in [-0.05, 0) is 0 Å². The number of rotatable bonds is 1. The molecule has 0 atom stereocenters. The molecule has 1 N–H and O–H groups in total. The van der Waals surface area contributed by atoms with Gasteiger partial charge in [-0.1, -0.05) is 0 Å². The SMILES string of the molecule is CN=N[C+]1C(=N)CN=C1C. The van der Waals surface area contributed by atoms with Crippen LogP contribution in [0.25, 0.3) is 0 Å². The second-order valence-corrected chi connectivity index (χ2v) is 2.03. The normalized spacial score (nSPS) is 18.8. The summed E-state index contributed by atoms with van der Waals surface area (Å²) in [7, 11) is 1.59. The first kappa shape index (κ1) is 6.92. The molecule has 1 rings (SSSR count). The molecule has 0 amide bonds. The molecular formula is C6H9N4+. The smallest absolute Gasteiger partial charge is 0.260 e. The minimum absolute atomic E-state index is 0.459. The number of hydrogen-bond donors (Lipinski definition) is 1. The fraction of sp³-hybridized carbons (Fsp3) is 0.500. The van der Waals surface area contributed by atoms with Crippen molar-refractivity contribution >= 4 is 11.4 Å². The van der Waals surface area contributed by atoms with Crippen molar-refractivity contribution in [1.82, 2.24) is 0 Å². The van der Waals surface area contributed by atoms with E-state index in [2.05, 4.69) is 15.2 Å². The van der Waals surface area contributed by atoms with Crippen molar-refractivity contribution in [2.45, 2.75) is 6.92 Å². The molecule has 0 radical (unpaired) electrons. The van der Waals surface area contributed by atoms with E-state index >= 15 is 0 Å². The number of azo groups is 1. The van der Waals surface area contributed by atoms with E-state index in [1.807, 2.05) is 6.92 Å². The molecule has 1 aliphatic rings. The average molecular weight is 137 g/mol. The summed E-state index contributed by atoms with van der Waals surface area (Å²) in [4.78, 5) is 4.02. The minimum Gasteiger partial charge on any atom is -0.260 e. The van der Waals surface area contributed by atoms with Crippen LogP contribution in [-0.4, -0.2) is 25.0 Å². The second-order valence-electron chi connectivity index (χ2n) is 2.03. The Bertz CT molecular complexity index is 204. The van der Waals surface area contributed by atoms with Crippen LogP contribution in [-0.2, 0) is 0 Å². The van der Waals surface area contributed by atoms with Gasteiger partial charge in [0.25, 0.3) is 5.71 Å². The zero-order valence-corrected chi connectivity index (χ0v) is 6.05. The quantitative estimate of drug-likeness (QED) is 0.415. The van der Waals surface area contributed by atoms with Crippen LogP contribution in [0.5, 0.6) is 0 Å². The molecule has 0 spiro atoms. The van der Waals surface area contributed by atoms with E-state index in [0.717, 1.165) is 5.71 Å². The van der Waals surface area contributed by atoms with Gasteiger partial charge >= 0.3 is 6.04 Å². The van der Waals surface area contributed by atoms with Crippen LogP contribution < -0.4 is 0 Å². The molecule has 1 aliphatic heterocycles. The summed E-state index contributed by atoms with van der Waals surface area (Å²) in [6.45, 7) is 2.30. The Balaban J connectivity index is 2.74. The summed E-state index contributed by atoms with van der Waals surface area (Å²) in [5.74, 6) is 0. The van der Waals surface area contributed by atoms with Crippen molar-refractivity contribution in [2.75, 3.05) is 13.6 Å². The van der Waals surface area contributed by atoms with Gasteiger partial charge in [-0.3, -0.25) is 5.41 Å². The first-order valence-electron chi connectivity index (χ1n) is 3.01. The summed E-state index contributed by atoms with van der Waals surface area (Å²) in [5.41, 5.74) is 1.28. The molecule has 1 heterocycles.